The molecule has 0 aromatic heterocycles. The van der Waals surface area contributed by atoms with E-state index in [1.807, 2.05) is 71.6 Å². The van der Waals surface area contributed by atoms with E-state index in [2.05, 4.69) is 53.8 Å². The summed E-state index contributed by atoms with van der Waals surface area (Å²) in [5.41, 5.74) is 4.50. The van der Waals surface area contributed by atoms with E-state index in [-0.39, 0.29) is 11.9 Å². The topological polar surface area (TPSA) is 32.3 Å². The van der Waals surface area contributed by atoms with Crippen LogP contribution in [-0.4, -0.2) is 17.5 Å². The number of carbonyl (C=O) groups is 1. The van der Waals surface area contributed by atoms with Crippen LogP contribution in [0.5, 0.6) is 0 Å². The number of carbonyl (C=O) groups excluding carboxylic acids is 1. The molecule has 2 amide bonds. The van der Waals surface area contributed by atoms with E-state index >= 15 is 0 Å². The van der Waals surface area contributed by atoms with Gasteiger partial charge in [0.15, 0.2) is 0 Å². The molecular formula is C30H29ClN2O. The fraction of sp³-hybridized carbons (Fsp3) is 0.167. The van der Waals surface area contributed by atoms with Crippen LogP contribution >= 0.6 is 11.6 Å². The average molecular weight is 469 g/mol. The van der Waals surface area contributed by atoms with Gasteiger partial charge >= 0.3 is 6.03 Å². The van der Waals surface area contributed by atoms with Crippen LogP contribution in [0.2, 0.25) is 5.02 Å². The second-order valence-electron chi connectivity index (χ2n) is 8.32. The van der Waals surface area contributed by atoms with Gasteiger partial charge in [-0.25, -0.2) is 4.79 Å². The Balaban J connectivity index is 1.53. The molecule has 0 aliphatic rings. The van der Waals surface area contributed by atoms with Crippen LogP contribution in [0, 0.1) is 0 Å². The molecule has 0 aliphatic carbocycles. The molecule has 0 heterocycles. The zero-order chi connectivity index (χ0) is 23.6. The fourth-order valence-corrected chi connectivity index (χ4v) is 4.35. The zero-order valence-corrected chi connectivity index (χ0v) is 19.9. The highest BCUT2D eigenvalue weighted by atomic mass is 35.5. The van der Waals surface area contributed by atoms with Gasteiger partial charge in [0, 0.05) is 30.6 Å². The van der Waals surface area contributed by atoms with E-state index in [1.54, 1.807) is 0 Å². The van der Waals surface area contributed by atoms with Gasteiger partial charge in [-0.05, 0) is 34.7 Å². The Morgan fingerprint density at radius 1 is 0.735 bits per heavy atom. The Morgan fingerprint density at radius 3 is 1.85 bits per heavy atom. The Bertz CT molecular complexity index is 1130. The molecule has 4 aromatic rings. The highest BCUT2D eigenvalue weighted by molar-refractivity contribution is 6.31. The summed E-state index contributed by atoms with van der Waals surface area (Å²) in [6.07, 6.45) is 0.803. The lowest BCUT2D eigenvalue weighted by Gasteiger charge is -2.27. The van der Waals surface area contributed by atoms with Crippen LogP contribution in [-0.2, 0) is 13.1 Å². The van der Waals surface area contributed by atoms with E-state index < -0.39 is 0 Å². The van der Waals surface area contributed by atoms with Crippen LogP contribution in [0.25, 0.3) is 0 Å². The Kier molecular flexibility index (Phi) is 8.37. The average Bonchev–Trinajstić information content (AvgIpc) is 2.89. The van der Waals surface area contributed by atoms with Crippen LogP contribution in [0.4, 0.5) is 4.79 Å². The van der Waals surface area contributed by atoms with Gasteiger partial charge in [0.05, 0.1) is 0 Å². The molecule has 0 aliphatic heterocycles. The van der Waals surface area contributed by atoms with Crippen molar-refractivity contribution in [2.75, 3.05) is 6.54 Å². The van der Waals surface area contributed by atoms with Crippen LogP contribution < -0.4 is 5.32 Å². The van der Waals surface area contributed by atoms with Crippen molar-refractivity contribution < 1.29 is 4.79 Å². The van der Waals surface area contributed by atoms with Gasteiger partial charge in [0.25, 0.3) is 0 Å². The normalized spacial score (nSPS) is 10.8. The Labute approximate surface area is 207 Å². The van der Waals surface area contributed by atoms with Gasteiger partial charge in [0.2, 0.25) is 0 Å². The molecule has 0 bridgehead atoms. The monoisotopic (exact) mass is 468 g/mol. The van der Waals surface area contributed by atoms with Gasteiger partial charge in [-0.3, -0.25) is 0 Å². The molecule has 172 valence electrons. The maximum atomic E-state index is 13.3. The van der Waals surface area contributed by atoms with E-state index in [9.17, 15) is 4.79 Å². The molecular weight excluding hydrogens is 440 g/mol. The number of halogens is 1. The van der Waals surface area contributed by atoms with Crippen molar-refractivity contribution in [2.24, 2.45) is 0 Å². The number of rotatable bonds is 9. The summed E-state index contributed by atoms with van der Waals surface area (Å²) >= 11 is 6.44. The summed E-state index contributed by atoms with van der Waals surface area (Å²) in [6, 6.07) is 38.6. The summed E-state index contributed by atoms with van der Waals surface area (Å²) in [4.78, 5) is 15.2. The van der Waals surface area contributed by atoms with Gasteiger partial charge in [-0.15, -0.1) is 0 Å². The Hall–Kier alpha value is -3.56. The lowest BCUT2D eigenvalue weighted by molar-refractivity contribution is 0.193. The van der Waals surface area contributed by atoms with Crippen LogP contribution in [0.1, 0.15) is 34.6 Å². The number of benzene rings is 4. The number of amides is 2. The maximum Gasteiger partial charge on any atom is 0.317 e. The zero-order valence-electron chi connectivity index (χ0n) is 19.1. The standard InChI is InChI=1S/C30H29ClN2O/c31-29-19-11-10-18-27(29)23-33(30(34)32-22-24-12-4-1-5-13-24)21-20-28(25-14-6-2-7-15-25)26-16-8-3-9-17-26/h1-19,28H,20-23H2,(H,32,34). The predicted octanol–water partition coefficient (Wildman–Crippen LogP) is 7.27. The molecule has 0 saturated heterocycles. The van der Waals surface area contributed by atoms with Crippen molar-refractivity contribution in [3.63, 3.8) is 0 Å². The third kappa shape index (κ3) is 6.49. The first-order valence-corrected chi connectivity index (χ1v) is 12.0. The first-order chi connectivity index (χ1) is 16.7. The minimum absolute atomic E-state index is 0.0938. The molecule has 4 aromatic carbocycles. The number of nitrogens with one attached hydrogen (secondary N) is 1. The third-order valence-electron chi connectivity index (χ3n) is 5.98. The molecule has 0 unspecified atom stereocenters. The van der Waals surface area contributed by atoms with E-state index in [0.717, 1.165) is 17.5 Å². The predicted molar refractivity (Wildman–Crippen MR) is 140 cm³/mol. The van der Waals surface area contributed by atoms with Crippen molar-refractivity contribution in [1.29, 1.82) is 0 Å². The van der Waals surface area contributed by atoms with Gasteiger partial charge in [0.1, 0.15) is 0 Å². The van der Waals surface area contributed by atoms with Crippen molar-refractivity contribution >= 4 is 17.6 Å². The second kappa shape index (κ2) is 12.1. The van der Waals surface area contributed by atoms with Crippen molar-refractivity contribution in [3.8, 4) is 0 Å². The summed E-state index contributed by atoms with van der Waals surface area (Å²) < 4.78 is 0. The summed E-state index contributed by atoms with van der Waals surface area (Å²) in [5, 5.41) is 3.76. The summed E-state index contributed by atoms with van der Waals surface area (Å²) in [6.45, 7) is 1.54. The van der Waals surface area contributed by atoms with Gasteiger partial charge < -0.3 is 10.2 Å². The second-order valence-corrected chi connectivity index (χ2v) is 8.73. The minimum Gasteiger partial charge on any atom is -0.334 e. The minimum atomic E-state index is -0.0938. The molecule has 4 heteroatoms. The third-order valence-corrected chi connectivity index (χ3v) is 6.35. The molecule has 0 radical (unpaired) electrons. The number of nitrogens with zero attached hydrogens (tertiary/aromatic N) is 1. The summed E-state index contributed by atoms with van der Waals surface area (Å²) in [5.74, 6) is 0.193. The highest BCUT2D eigenvalue weighted by Gasteiger charge is 2.20. The highest BCUT2D eigenvalue weighted by Crippen LogP contribution is 2.28. The first kappa shape index (κ1) is 23.6. The van der Waals surface area contributed by atoms with Crippen molar-refractivity contribution in [2.45, 2.75) is 25.4 Å². The molecule has 0 spiro atoms. The van der Waals surface area contributed by atoms with Crippen LogP contribution in [0.3, 0.4) is 0 Å². The van der Waals surface area contributed by atoms with Gasteiger partial charge in [-0.1, -0.05) is 121 Å². The molecule has 3 nitrogen and oxygen atoms in total. The quantitative estimate of drug-likeness (QED) is 0.275. The smallest absolute Gasteiger partial charge is 0.317 e. The largest absolute Gasteiger partial charge is 0.334 e. The number of hydrogen-bond donors (Lipinski definition) is 1. The van der Waals surface area contributed by atoms with Crippen LogP contribution in [0.15, 0.2) is 115 Å². The first-order valence-electron chi connectivity index (χ1n) is 11.6. The number of urea groups is 1. The molecule has 0 saturated carbocycles. The molecule has 4 rings (SSSR count). The number of hydrogen-bond acceptors (Lipinski definition) is 1. The lowest BCUT2D eigenvalue weighted by Crippen LogP contribution is -2.40. The molecule has 34 heavy (non-hydrogen) atoms. The van der Waals surface area contributed by atoms with E-state index in [1.165, 1.54) is 11.1 Å². The molecule has 1 N–H and O–H groups in total. The maximum absolute atomic E-state index is 13.3. The van der Waals surface area contributed by atoms with Crippen molar-refractivity contribution in [3.05, 3.63) is 143 Å². The Morgan fingerprint density at radius 2 is 1.26 bits per heavy atom. The van der Waals surface area contributed by atoms with Gasteiger partial charge in [-0.2, -0.15) is 0 Å². The summed E-state index contributed by atoms with van der Waals surface area (Å²) in [7, 11) is 0. The van der Waals surface area contributed by atoms with E-state index in [4.69, 9.17) is 11.6 Å². The van der Waals surface area contributed by atoms with E-state index in [0.29, 0.717) is 24.7 Å². The fourth-order valence-electron chi connectivity index (χ4n) is 4.15. The lowest BCUT2D eigenvalue weighted by atomic mass is 9.88. The SMILES string of the molecule is O=C(NCc1ccccc1)N(CCC(c1ccccc1)c1ccccc1)Cc1ccccc1Cl. The molecule has 0 atom stereocenters. The molecule has 0 fully saturated rings. The van der Waals surface area contributed by atoms with Crippen molar-refractivity contribution in [1.82, 2.24) is 10.2 Å².